The zero-order valence-corrected chi connectivity index (χ0v) is 5.89. The molecule has 0 aromatic rings. The molecule has 1 aliphatic heterocycles. The third kappa shape index (κ3) is 1.78. The van der Waals surface area contributed by atoms with Crippen LogP contribution in [0, 0.1) is 0 Å². The van der Waals surface area contributed by atoms with Gasteiger partial charge in [-0.15, -0.1) is 0 Å². The van der Waals surface area contributed by atoms with Crippen LogP contribution in [0.15, 0.2) is 9.98 Å². The Morgan fingerprint density at radius 3 is 2.45 bits per heavy atom. The monoisotopic (exact) mass is 164 g/mol. The van der Waals surface area contributed by atoms with E-state index in [2.05, 4.69) is 9.98 Å². The lowest BCUT2D eigenvalue weighted by atomic mass is 10.3. The molecule has 1 aliphatic rings. The summed E-state index contributed by atoms with van der Waals surface area (Å²) in [6.07, 6.45) is -3.00. The summed E-state index contributed by atoms with van der Waals surface area (Å²) in [5.41, 5.74) is 0. The Kier molecular flexibility index (Phi) is 1.97. The molecule has 1 rings (SSSR count). The van der Waals surface area contributed by atoms with Gasteiger partial charge in [0.1, 0.15) is 5.84 Å². The van der Waals surface area contributed by atoms with E-state index in [1.54, 1.807) is 6.92 Å². The van der Waals surface area contributed by atoms with Crippen molar-refractivity contribution in [1.82, 2.24) is 0 Å². The van der Waals surface area contributed by atoms with Gasteiger partial charge in [0.25, 0.3) is 0 Å². The highest BCUT2D eigenvalue weighted by Gasteiger charge is 2.40. The Hall–Kier alpha value is -0.870. The lowest BCUT2D eigenvalue weighted by Crippen LogP contribution is -2.26. The quantitative estimate of drug-likeness (QED) is 0.564. The summed E-state index contributed by atoms with van der Waals surface area (Å²) in [6, 6.07) is -1.71. The SMILES string of the molecule is CCC1=NC(C(F)(F)F)C=N1. The molecule has 0 radical (unpaired) electrons. The van der Waals surface area contributed by atoms with Gasteiger partial charge in [-0.2, -0.15) is 13.2 Å². The molecule has 0 amide bonds. The van der Waals surface area contributed by atoms with Crippen molar-refractivity contribution in [3.05, 3.63) is 0 Å². The van der Waals surface area contributed by atoms with Gasteiger partial charge in [-0.1, -0.05) is 6.92 Å². The number of nitrogens with zero attached hydrogens (tertiary/aromatic N) is 2. The third-order valence-corrected chi connectivity index (χ3v) is 1.30. The van der Waals surface area contributed by atoms with Crippen molar-refractivity contribution in [2.24, 2.45) is 9.98 Å². The molecule has 5 heteroatoms. The van der Waals surface area contributed by atoms with E-state index in [0.717, 1.165) is 6.21 Å². The average molecular weight is 164 g/mol. The molecule has 11 heavy (non-hydrogen) atoms. The van der Waals surface area contributed by atoms with Crippen LogP contribution in [0.3, 0.4) is 0 Å². The summed E-state index contributed by atoms with van der Waals surface area (Å²) in [6.45, 7) is 1.72. The van der Waals surface area contributed by atoms with Gasteiger partial charge in [0.15, 0.2) is 6.04 Å². The van der Waals surface area contributed by atoms with Crippen LogP contribution in [0.4, 0.5) is 13.2 Å². The van der Waals surface area contributed by atoms with E-state index in [-0.39, 0.29) is 5.84 Å². The van der Waals surface area contributed by atoms with Crippen molar-refractivity contribution in [2.45, 2.75) is 25.6 Å². The molecule has 0 aromatic carbocycles. The van der Waals surface area contributed by atoms with Crippen LogP contribution in [0.1, 0.15) is 13.3 Å². The molecule has 0 saturated carbocycles. The van der Waals surface area contributed by atoms with Crippen molar-refractivity contribution >= 4 is 12.1 Å². The standard InChI is InChI=1S/C6H7F3N2/c1-2-5-10-3-4(11-5)6(7,8)9/h3-4H,2H2,1H3. The van der Waals surface area contributed by atoms with Crippen molar-refractivity contribution in [1.29, 1.82) is 0 Å². The van der Waals surface area contributed by atoms with Crippen molar-refractivity contribution in [2.75, 3.05) is 0 Å². The lowest BCUT2D eigenvalue weighted by molar-refractivity contribution is -0.130. The minimum Gasteiger partial charge on any atom is -0.252 e. The first-order chi connectivity index (χ1) is 5.04. The molecule has 62 valence electrons. The highest BCUT2D eigenvalue weighted by molar-refractivity contribution is 5.96. The first-order valence-electron chi connectivity index (χ1n) is 3.21. The molecule has 2 nitrogen and oxygen atoms in total. The largest absolute Gasteiger partial charge is 0.415 e. The normalized spacial score (nSPS) is 24.0. The molecular formula is C6H7F3N2. The zero-order chi connectivity index (χ0) is 8.48. The summed E-state index contributed by atoms with van der Waals surface area (Å²) in [4.78, 5) is 6.85. The maximum Gasteiger partial charge on any atom is 0.415 e. The van der Waals surface area contributed by atoms with E-state index >= 15 is 0 Å². The van der Waals surface area contributed by atoms with Crippen LogP contribution in [-0.2, 0) is 0 Å². The maximum absolute atomic E-state index is 11.9. The van der Waals surface area contributed by atoms with Crippen molar-refractivity contribution in [3.8, 4) is 0 Å². The van der Waals surface area contributed by atoms with Gasteiger partial charge < -0.3 is 0 Å². The van der Waals surface area contributed by atoms with Crippen LogP contribution < -0.4 is 0 Å². The van der Waals surface area contributed by atoms with E-state index in [0.29, 0.717) is 6.42 Å². The average Bonchev–Trinajstić information content (AvgIpc) is 2.32. The molecule has 1 unspecified atom stereocenters. The number of halogens is 3. The second-order valence-electron chi connectivity index (χ2n) is 2.16. The second kappa shape index (κ2) is 2.64. The lowest BCUT2D eigenvalue weighted by Gasteiger charge is -2.07. The van der Waals surface area contributed by atoms with E-state index in [4.69, 9.17) is 0 Å². The fraction of sp³-hybridized carbons (Fsp3) is 0.667. The fourth-order valence-electron chi connectivity index (χ4n) is 0.724. The van der Waals surface area contributed by atoms with Gasteiger partial charge in [0.2, 0.25) is 0 Å². The van der Waals surface area contributed by atoms with Gasteiger partial charge in [-0.25, -0.2) is 4.99 Å². The molecule has 0 aromatic heterocycles. The van der Waals surface area contributed by atoms with Crippen molar-refractivity contribution in [3.63, 3.8) is 0 Å². The summed E-state index contributed by atoms with van der Waals surface area (Å²) >= 11 is 0. The topological polar surface area (TPSA) is 24.7 Å². The molecule has 0 spiro atoms. The van der Waals surface area contributed by atoms with Crippen LogP contribution in [0.2, 0.25) is 0 Å². The minimum absolute atomic E-state index is 0.271. The van der Waals surface area contributed by atoms with E-state index in [1.807, 2.05) is 0 Å². The number of hydrogen-bond donors (Lipinski definition) is 0. The first-order valence-corrected chi connectivity index (χ1v) is 3.21. The van der Waals surface area contributed by atoms with Crippen LogP contribution >= 0.6 is 0 Å². The Labute approximate surface area is 61.8 Å². The molecule has 1 heterocycles. The Bertz CT molecular complexity index is 204. The zero-order valence-electron chi connectivity index (χ0n) is 5.89. The Morgan fingerprint density at radius 1 is 1.55 bits per heavy atom. The summed E-state index contributed by atoms with van der Waals surface area (Å²) in [7, 11) is 0. The van der Waals surface area contributed by atoms with E-state index in [9.17, 15) is 13.2 Å². The second-order valence-corrected chi connectivity index (χ2v) is 2.16. The molecule has 0 saturated heterocycles. The van der Waals surface area contributed by atoms with Crippen LogP contribution in [0.25, 0.3) is 0 Å². The number of amidine groups is 1. The number of aliphatic imine (C=N–C) groups is 2. The van der Waals surface area contributed by atoms with Gasteiger partial charge in [0.05, 0.1) is 0 Å². The van der Waals surface area contributed by atoms with E-state index < -0.39 is 12.2 Å². The number of hydrogen-bond acceptors (Lipinski definition) is 2. The van der Waals surface area contributed by atoms with Gasteiger partial charge >= 0.3 is 6.18 Å². The van der Waals surface area contributed by atoms with Crippen LogP contribution in [0.5, 0.6) is 0 Å². The van der Waals surface area contributed by atoms with Gasteiger partial charge in [-0.3, -0.25) is 4.99 Å². The molecule has 1 atom stereocenters. The fourth-order valence-corrected chi connectivity index (χ4v) is 0.724. The van der Waals surface area contributed by atoms with E-state index in [1.165, 1.54) is 0 Å². The summed E-state index contributed by atoms with van der Waals surface area (Å²) < 4.78 is 35.6. The number of rotatable bonds is 1. The molecule has 0 bridgehead atoms. The van der Waals surface area contributed by atoms with Crippen LogP contribution in [-0.4, -0.2) is 24.3 Å². The van der Waals surface area contributed by atoms with Gasteiger partial charge in [0, 0.05) is 12.6 Å². The summed E-state index contributed by atoms with van der Waals surface area (Å²) in [5, 5.41) is 0. The predicted molar refractivity (Wildman–Crippen MR) is 36.1 cm³/mol. The summed E-state index contributed by atoms with van der Waals surface area (Å²) in [5.74, 6) is 0.271. The third-order valence-electron chi connectivity index (χ3n) is 1.30. The Morgan fingerprint density at radius 2 is 2.18 bits per heavy atom. The van der Waals surface area contributed by atoms with Gasteiger partial charge in [-0.05, 0) is 0 Å². The highest BCUT2D eigenvalue weighted by Crippen LogP contribution is 2.24. The van der Waals surface area contributed by atoms with Crippen molar-refractivity contribution < 1.29 is 13.2 Å². The molecule has 0 fully saturated rings. The number of alkyl halides is 3. The first kappa shape index (κ1) is 8.23. The molecule has 0 aliphatic carbocycles. The maximum atomic E-state index is 11.9. The predicted octanol–water partition coefficient (Wildman–Crippen LogP) is 1.81. The smallest absolute Gasteiger partial charge is 0.252 e. The Balaban J connectivity index is 2.69. The minimum atomic E-state index is -4.28. The highest BCUT2D eigenvalue weighted by atomic mass is 19.4. The molecular weight excluding hydrogens is 157 g/mol. The molecule has 0 N–H and O–H groups in total.